The number of benzene rings is 1. The third-order valence-electron chi connectivity index (χ3n) is 4.29. The molecule has 22 heavy (non-hydrogen) atoms. The number of allylic oxidation sites excluding steroid dienone is 1. The number of halogens is 1. The van der Waals surface area contributed by atoms with E-state index in [1.807, 2.05) is 12.1 Å². The Hall–Kier alpha value is -1.39. The van der Waals surface area contributed by atoms with Crippen molar-refractivity contribution in [3.8, 4) is 5.75 Å². The van der Waals surface area contributed by atoms with E-state index in [2.05, 4.69) is 16.8 Å². The Kier molecular flexibility index (Phi) is 6.87. The second kappa shape index (κ2) is 8.91. The van der Waals surface area contributed by atoms with Crippen molar-refractivity contribution in [3.63, 3.8) is 0 Å². The molecule has 4 heteroatoms. The van der Waals surface area contributed by atoms with Crippen molar-refractivity contribution in [1.82, 2.24) is 10.2 Å². The van der Waals surface area contributed by atoms with Gasteiger partial charge in [0.25, 0.3) is 0 Å². The van der Waals surface area contributed by atoms with Gasteiger partial charge in [0.15, 0.2) is 0 Å². The first-order chi connectivity index (χ1) is 10.8. The van der Waals surface area contributed by atoms with Gasteiger partial charge in [-0.05, 0) is 37.5 Å². The zero-order valence-electron chi connectivity index (χ0n) is 13.5. The zero-order chi connectivity index (χ0) is 15.8. The summed E-state index contributed by atoms with van der Waals surface area (Å²) in [7, 11) is 1.63. The highest BCUT2D eigenvalue weighted by molar-refractivity contribution is 5.32. The quantitative estimate of drug-likeness (QED) is 0.587. The number of rotatable bonds is 8. The summed E-state index contributed by atoms with van der Waals surface area (Å²) in [6.45, 7) is 7.62. The summed E-state index contributed by atoms with van der Waals surface area (Å²) in [5, 5.41) is 3.36. The highest BCUT2D eigenvalue weighted by Crippen LogP contribution is 2.31. The van der Waals surface area contributed by atoms with Gasteiger partial charge in [-0.15, -0.1) is 6.58 Å². The Balaban J connectivity index is 2.16. The normalized spacial score (nSPS) is 17.2. The van der Waals surface area contributed by atoms with Crippen molar-refractivity contribution in [2.45, 2.75) is 31.7 Å². The Labute approximate surface area is 133 Å². The van der Waals surface area contributed by atoms with Gasteiger partial charge in [-0.25, -0.2) is 4.39 Å². The maximum Gasteiger partial charge on any atom is 0.128 e. The van der Waals surface area contributed by atoms with Crippen LogP contribution in [0.5, 0.6) is 5.75 Å². The predicted molar refractivity (Wildman–Crippen MR) is 88.8 cm³/mol. The van der Waals surface area contributed by atoms with Gasteiger partial charge in [-0.2, -0.15) is 0 Å². The van der Waals surface area contributed by atoms with E-state index < -0.39 is 0 Å². The topological polar surface area (TPSA) is 24.5 Å². The molecular weight excluding hydrogens is 279 g/mol. The number of nitrogens with zero attached hydrogens (tertiary/aromatic N) is 1. The van der Waals surface area contributed by atoms with E-state index in [1.165, 1.54) is 6.07 Å². The number of unbranched alkanes of at least 4 members (excludes halogenated alkanes) is 2. The lowest BCUT2D eigenvalue weighted by atomic mass is 9.97. The van der Waals surface area contributed by atoms with Crippen molar-refractivity contribution in [1.29, 1.82) is 0 Å². The molecule has 1 heterocycles. The molecule has 1 fully saturated rings. The minimum absolute atomic E-state index is 0.127. The lowest BCUT2D eigenvalue weighted by molar-refractivity contribution is 0.159. The fraction of sp³-hybridized carbons (Fsp3) is 0.556. The monoisotopic (exact) mass is 306 g/mol. The van der Waals surface area contributed by atoms with Crippen LogP contribution in [0.1, 0.15) is 37.3 Å². The molecule has 0 aromatic heterocycles. The van der Waals surface area contributed by atoms with Gasteiger partial charge in [-0.1, -0.05) is 12.5 Å². The summed E-state index contributed by atoms with van der Waals surface area (Å²) < 4.78 is 19.7. The Morgan fingerprint density at radius 1 is 1.36 bits per heavy atom. The third-order valence-corrected chi connectivity index (χ3v) is 4.29. The highest BCUT2D eigenvalue weighted by atomic mass is 19.1. The lowest BCUT2D eigenvalue weighted by Crippen LogP contribution is -2.45. The van der Waals surface area contributed by atoms with E-state index in [0.29, 0.717) is 0 Å². The van der Waals surface area contributed by atoms with Crippen LogP contribution >= 0.6 is 0 Å². The fourth-order valence-corrected chi connectivity index (χ4v) is 3.06. The number of methoxy groups -OCH3 is 1. The molecule has 0 saturated carbocycles. The summed E-state index contributed by atoms with van der Waals surface area (Å²) >= 11 is 0. The molecule has 0 spiro atoms. The third kappa shape index (κ3) is 4.55. The first-order valence-electron chi connectivity index (χ1n) is 8.15. The van der Waals surface area contributed by atoms with Gasteiger partial charge >= 0.3 is 0 Å². The summed E-state index contributed by atoms with van der Waals surface area (Å²) in [6.07, 6.45) is 6.13. The van der Waals surface area contributed by atoms with Crippen LogP contribution in [0.2, 0.25) is 0 Å². The minimum Gasteiger partial charge on any atom is -0.497 e. The van der Waals surface area contributed by atoms with Crippen LogP contribution in [-0.4, -0.2) is 38.2 Å². The molecule has 0 aliphatic carbocycles. The molecule has 1 aromatic carbocycles. The van der Waals surface area contributed by atoms with E-state index in [9.17, 15) is 4.39 Å². The smallest absolute Gasteiger partial charge is 0.128 e. The van der Waals surface area contributed by atoms with Gasteiger partial charge < -0.3 is 10.1 Å². The van der Waals surface area contributed by atoms with Crippen LogP contribution in [0, 0.1) is 5.82 Å². The molecule has 0 bridgehead atoms. The van der Waals surface area contributed by atoms with Crippen molar-refractivity contribution < 1.29 is 9.13 Å². The van der Waals surface area contributed by atoms with Gasteiger partial charge in [0.05, 0.1) is 7.11 Å². The molecule has 1 saturated heterocycles. The van der Waals surface area contributed by atoms with E-state index in [-0.39, 0.29) is 11.9 Å². The second-order valence-electron chi connectivity index (χ2n) is 5.76. The van der Waals surface area contributed by atoms with Crippen molar-refractivity contribution in [2.75, 3.05) is 33.3 Å². The number of nitrogens with one attached hydrogen (secondary N) is 1. The molecule has 1 atom stereocenters. The average Bonchev–Trinajstić information content (AvgIpc) is 2.57. The first kappa shape index (κ1) is 17.0. The van der Waals surface area contributed by atoms with E-state index in [1.54, 1.807) is 13.2 Å². The molecule has 1 aliphatic rings. The Bertz CT molecular complexity index is 472. The van der Waals surface area contributed by atoms with Crippen LogP contribution < -0.4 is 10.1 Å². The molecule has 0 unspecified atom stereocenters. The van der Waals surface area contributed by atoms with E-state index in [0.717, 1.165) is 63.2 Å². The predicted octanol–water partition coefficient (Wildman–Crippen LogP) is 3.53. The number of hydrogen-bond acceptors (Lipinski definition) is 3. The maximum absolute atomic E-state index is 14.4. The van der Waals surface area contributed by atoms with Gasteiger partial charge in [0.1, 0.15) is 11.6 Å². The number of piperazine rings is 1. The molecule has 1 N–H and O–H groups in total. The molecule has 1 aliphatic heterocycles. The molecule has 122 valence electrons. The summed E-state index contributed by atoms with van der Waals surface area (Å²) in [5.41, 5.74) is 0.764. The zero-order valence-corrected chi connectivity index (χ0v) is 13.5. The standard InChI is InChI=1S/C18H27FN2O/c1-3-4-5-6-7-18(21-12-10-20-11-13-21)16-14-15(22-2)8-9-17(16)19/h3,8-9,14,18,20H,1,4-7,10-13H2,2H3/t18-/m0/s1. The van der Waals surface area contributed by atoms with E-state index >= 15 is 0 Å². The molecule has 2 rings (SSSR count). The maximum atomic E-state index is 14.4. The van der Waals surface area contributed by atoms with Gasteiger partial charge in [0.2, 0.25) is 0 Å². The highest BCUT2D eigenvalue weighted by Gasteiger charge is 2.24. The molecular formula is C18H27FN2O. The molecule has 1 aromatic rings. The summed E-state index contributed by atoms with van der Waals surface area (Å²) in [5.74, 6) is 0.593. The number of ether oxygens (including phenoxy) is 1. The minimum atomic E-state index is -0.131. The first-order valence-corrected chi connectivity index (χ1v) is 8.15. The molecule has 0 radical (unpaired) electrons. The van der Waals surface area contributed by atoms with E-state index in [4.69, 9.17) is 4.74 Å². The SMILES string of the molecule is C=CCCCC[C@@H](c1cc(OC)ccc1F)N1CCNCC1. The van der Waals surface area contributed by atoms with Crippen molar-refractivity contribution >= 4 is 0 Å². The molecule has 3 nitrogen and oxygen atoms in total. The number of hydrogen-bond donors (Lipinski definition) is 1. The second-order valence-corrected chi connectivity index (χ2v) is 5.76. The summed E-state index contributed by atoms with van der Waals surface area (Å²) in [6, 6.07) is 5.19. The van der Waals surface area contributed by atoms with Gasteiger partial charge in [-0.3, -0.25) is 4.90 Å². The van der Waals surface area contributed by atoms with Crippen molar-refractivity contribution in [3.05, 3.63) is 42.2 Å². The average molecular weight is 306 g/mol. The van der Waals surface area contributed by atoms with Crippen molar-refractivity contribution in [2.24, 2.45) is 0 Å². The van der Waals surface area contributed by atoms with Crippen LogP contribution in [-0.2, 0) is 0 Å². The largest absolute Gasteiger partial charge is 0.497 e. The van der Waals surface area contributed by atoms with Gasteiger partial charge in [0, 0.05) is 37.8 Å². The van der Waals surface area contributed by atoms with Crippen LogP contribution in [0.15, 0.2) is 30.9 Å². The lowest BCUT2D eigenvalue weighted by Gasteiger charge is -2.35. The Morgan fingerprint density at radius 2 is 2.14 bits per heavy atom. The fourth-order valence-electron chi connectivity index (χ4n) is 3.06. The summed E-state index contributed by atoms with van der Waals surface area (Å²) in [4.78, 5) is 2.39. The van der Waals surface area contributed by atoms with Crippen LogP contribution in [0.3, 0.4) is 0 Å². The van der Waals surface area contributed by atoms with Crippen LogP contribution in [0.4, 0.5) is 4.39 Å². The Morgan fingerprint density at radius 3 is 2.82 bits per heavy atom. The van der Waals surface area contributed by atoms with Crippen LogP contribution in [0.25, 0.3) is 0 Å². The molecule has 0 amide bonds.